The summed E-state index contributed by atoms with van der Waals surface area (Å²) in [6.07, 6.45) is 0.639. The fourth-order valence-corrected chi connectivity index (χ4v) is 1.99. The smallest absolute Gasteiger partial charge is 0.387 e. The summed E-state index contributed by atoms with van der Waals surface area (Å²) < 4.78 is 59.8. The Bertz CT molecular complexity index is 690. The molecule has 0 radical (unpaired) electrons. The van der Waals surface area contributed by atoms with Crippen molar-refractivity contribution < 1.29 is 41.7 Å². The number of hydrogen-bond acceptors (Lipinski definition) is 5. The summed E-state index contributed by atoms with van der Waals surface area (Å²) >= 11 is 0. The van der Waals surface area contributed by atoms with Crippen LogP contribution in [0.5, 0.6) is 11.5 Å². The number of halogens is 4. The lowest BCUT2D eigenvalue weighted by Crippen LogP contribution is -2.05. The molecule has 0 saturated carbocycles. The first-order valence-electron chi connectivity index (χ1n) is 8.09. The Morgan fingerprint density at radius 3 is 1.64 bits per heavy atom. The first kappa shape index (κ1) is 23.2. The molecule has 0 unspecified atom stereocenters. The van der Waals surface area contributed by atoms with E-state index in [0.29, 0.717) is 12.0 Å². The molecule has 0 aliphatic heterocycles. The molecule has 0 aromatic heterocycles. The van der Waals surface area contributed by atoms with E-state index in [9.17, 15) is 22.4 Å². The molecule has 28 heavy (non-hydrogen) atoms. The van der Waals surface area contributed by atoms with Crippen molar-refractivity contribution in [2.24, 2.45) is 0 Å². The Labute approximate surface area is 159 Å². The number of esters is 1. The van der Waals surface area contributed by atoms with Crippen LogP contribution in [-0.4, -0.2) is 38.0 Å². The van der Waals surface area contributed by atoms with Gasteiger partial charge in [0.2, 0.25) is 0 Å². The van der Waals surface area contributed by atoms with Crippen molar-refractivity contribution in [2.45, 2.75) is 26.1 Å². The van der Waals surface area contributed by atoms with Crippen LogP contribution in [0.3, 0.4) is 0 Å². The number of carbonyl (C=O) groups is 1. The fraction of sp³-hybridized carbons (Fsp3) is 0.316. The summed E-state index contributed by atoms with van der Waals surface area (Å²) in [5, 5.41) is 8.58. The highest BCUT2D eigenvalue weighted by atomic mass is 19.3. The molecule has 5 nitrogen and oxygen atoms in total. The minimum Gasteiger partial charge on any atom is -0.469 e. The van der Waals surface area contributed by atoms with E-state index in [2.05, 4.69) is 14.2 Å². The summed E-state index contributed by atoms with van der Waals surface area (Å²) in [5.41, 5.74) is 1.58. The van der Waals surface area contributed by atoms with Gasteiger partial charge in [-0.15, -0.1) is 0 Å². The van der Waals surface area contributed by atoms with E-state index in [-0.39, 0.29) is 30.5 Å². The molecule has 0 aliphatic rings. The van der Waals surface area contributed by atoms with Crippen molar-refractivity contribution in [3.63, 3.8) is 0 Å². The van der Waals surface area contributed by atoms with Crippen LogP contribution in [-0.2, 0) is 22.4 Å². The predicted molar refractivity (Wildman–Crippen MR) is 92.7 cm³/mol. The van der Waals surface area contributed by atoms with Crippen LogP contribution in [0, 0.1) is 0 Å². The summed E-state index contributed by atoms with van der Waals surface area (Å²) in [5.74, 6) is -0.173. The van der Waals surface area contributed by atoms with Gasteiger partial charge in [0, 0.05) is 6.61 Å². The van der Waals surface area contributed by atoms with Gasteiger partial charge >= 0.3 is 19.2 Å². The minimum atomic E-state index is -2.84. The zero-order valence-corrected chi connectivity index (χ0v) is 15.0. The molecule has 154 valence electrons. The van der Waals surface area contributed by atoms with Crippen LogP contribution in [0.15, 0.2) is 48.5 Å². The molecular weight excluding hydrogens is 384 g/mol. The van der Waals surface area contributed by atoms with Crippen molar-refractivity contribution in [2.75, 3.05) is 13.7 Å². The third kappa shape index (κ3) is 9.77. The van der Waals surface area contributed by atoms with Crippen LogP contribution in [0.4, 0.5) is 17.6 Å². The van der Waals surface area contributed by atoms with Gasteiger partial charge in [-0.3, -0.25) is 4.79 Å². The third-order valence-corrected chi connectivity index (χ3v) is 3.27. The number of aliphatic hydroxyl groups is 1. The van der Waals surface area contributed by atoms with E-state index in [4.69, 9.17) is 5.11 Å². The molecule has 0 bridgehead atoms. The van der Waals surface area contributed by atoms with Gasteiger partial charge < -0.3 is 19.3 Å². The number of hydrogen-bond donors (Lipinski definition) is 1. The van der Waals surface area contributed by atoms with E-state index in [1.165, 1.54) is 43.5 Å². The van der Waals surface area contributed by atoms with Gasteiger partial charge in [0.05, 0.1) is 13.5 Å². The molecule has 0 saturated heterocycles. The third-order valence-electron chi connectivity index (χ3n) is 3.27. The fourth-order valence-electron chi connectivity index (χ4n) is 1.99. The molecule has 0 aliphatic carbocycles. The molecule has 0 spiro atoms. The molecular formula is C19H20F4O5. The number of benzene rings is 2. The van der Waals surface area contributed by atoms with Gasteiger partial charge in [-0.25, -0.2) is 0 Å². The van der Waals surface area contributed by atoms with E-state index in [0.717, 1.165) is 5.56 Å². The maximum absolute atomic E-state index is 11.8. The van der Waals surface area contributed by atoms with Crippen LogP contribution < -0.4 is 9.47 Å². The highest BCUT2D eigenvalue weighted by molar-refractivity contribution is 5.72. The molecule has 0 heterocycles. The number of carbonyl (C=O) groups excluding carboxylic acids is 1. The second-order valence-electron chi connectivity index (χ2n) is 5.27. The lowest BCUT2D eigenvalue weighted by molar-refractivity contribution is -0.139. The maximum atomic E-state index is 11.8. The minimum absolute atomic E-state index is 0.0506. The Hall–Kier alpha value is -2.81. The lowest BCUT2D eigenvalue weighted by Gasteiger charge is -2.05. The van der Waals surface area contributed by atoms with Gasteiger partial charge in [0.1, 0.15) is 11.5 Å². The molecule has 2 rings (SSSR count). The predicted octanol–water partition coefficient (Wildman–Crippen LogP) is 3.83. The second-order valence-corrected chi connectivity index (χ2v) is 5.27. The van der Waals surface area contributed by atoms with Gasteiger partial charge in [-0.2, -0.15) is 17.6 Å². The number of alkyl halides is 4. The first-order chi connectivity index (χ1) is 13.3. The zero-order valence-electron chi connectivity index (χ0n) is 15.0. The summed E-state index contributed by atoms with van der Waals surface area (Å²) in [6, 6.07) is 12.0. The topological polar surface area (TPSA) is 65.0 Å². The molecule has 0 atom stereocenters. The maximum Gasteiger partial charge on any atom is 0.387 e. The zero-order chi connectivity index (χ0) is 20.9. The van der Waals surface area contributed by atoms with Crippen molar-refractivity contribution in [1.82, 2.24) is 0 Å². The standard InChI is InChI=1S/C10H10F2O3.C9H10F2O2/c1-14-9(13)6-7-2-4-8(5-3-7)15-10(11)12;10-9(11)13-8-3-1-7(2-4-8)5-6-12/h2-5,10H,6H2,1H3;1-4,9,12H,5-6H2. The SMILES string of the molecule is COC(=O)Cc1ccc(OC(F)F)cc1.OCCc1ccc(OC(F)F)cc1. The number of aliphatic hydroxyl groups excluding tert-OH is 1. The Balaban J connectivity index is 0.000000283. The normalized spacial score (nSPS) is 10.3. The largest absolute Gasteiger partial charge is 0.469 e. The molecule has 1 N–H and O–H groups in total. The average Bonchev–Trinajstić information content (AvgIpc) is 2.65. The van der Waals surface area contributed by atoms with Crippen molar-refractivity contribution in [1.29, 1.82) is 0 Å². The summed E-state index contributed by atoms with van der Waals surface area (Å²) in [4.78, 5) is 10.9. The first-order valence-corrected chi connectivity index (χ1v) is 8.09. The highest BCUT2D eigenvalue weighted by Gasteiger charge is 2.06. The van der Waals surface area contributed by atoms with Gasteiger partial charge in [-0.05, 0) is 41.8 Å². The number of ether oxygens (including phenoxy) is 3. The molecule has 0 amide bonds. The number of rotatable bonds is 8. The van der Waals surface area contributed by atoms with Gasteiger partial charge in [-0.1, -0.05) is 24.3 Å². The molecule has 0 fully saturated rings. The summed E-state index contributed by atoms with van der Waals surface area (Å²) in [7, 11) is 1.29. The Kier molecular flexibility index (Phi) is 10.4. The second kappa shape index (κ2) is 12.6. The Morgan fingerprint density at radius 1 is 0.857 bits per heavy atom. The molecule has 2 aromatic carbocycles. The van der Waals surface area contributed by atoms with Gasteiger partial charge in [0.25, 0.3) is 0 Å². The van der Waals surface area contributed by atoms with Crippen LogP contribution in [0.1, 0.15) is 11.1 Å². The quantitative estimate of drug-likeness (QED) is 0.535. The van der Waals surface area contributed by atoms with Crippen molar-refractivity contribution >= 4 is 5.97 Å². The van der Waals surface area contributed by atoms with Gasteiger partial charge in [0.15, 0.2) is 0 Å². The number of methoxy groups -OCH3 is 1. The average molecular weight is 404 g/mol. The monoisotopic (exact) mass is 404 g/mol. The highest BCUT2D eigenvalue weighted by Crippen LogP contribution is 2.16. The lowest BCUT2D eigenvalue weighted by atomic mass is 10.1. The van der Waals surface area contributed by atoms with Crippen molar-refractivity contribution in [3.8, 4) is 11.5 Å². The summed E-state index contributed by atoms with van der Waals surface area (Å²) in [6.45, 7) is -5.57. The van der Waals surface area contributed by atoms with E-state index in [1.807, 2.05) is 0 Å². The van der Waals surface area contributed by atoms with Crippen LogP contribution >= 0.6 is 0 Å². The van der Waals surface area contributed by atoms with Crippen LogP contribution in [0.25, 0.3) is 0 Å². The van der Waals surface area contributed by atoms with E-state index >= 15 is 0 Å². The van der Waals surface area contributed by atoms with E-state index in [1.54, 1.807) is 12.1 Å². The van der Waals surface area contributed by atoms with Crippen molar-refractivity contribution in [3.05, 3.63) is 59.7 Å². The molecule has 9 heteroatoms. The van der Waals surface area contributed by atoms with Crippen LogP contribution in [0.2, 0.25) is 0 Å². The van der Waals surface area contributed by atoms with E-state index < -0.39 is 13.2 Å². The molecule has 2 aromatic rings. The Morgan fingerprint density at radius 2 is 1.29 bits per heavy atom.